The molecule has 7 nitrogen and oxygen atoms in total. The molecule has 0 amide bonds. The van der Waals surface area contributed by atoms with Gasteiger partial charge in [-0.3, -0.25) is 9.32 Å². The molecular formula is C20H39O7P. The number of esters is 1. The van der Waals surface area contributed by atoms with Crippen molar-refractivity contribution in [3.05, 3.63) is 12.2 Å². The van der Waals surface area contributed by atoms with Crippen molar-refractivity contribution in [2.45, 2.75) is 103 Å². The van der Waals surface area contributed by atoms with Crippen molar-refractivity contribution >= 4 is 13.8 Å². The lowest BCUT2D eigenvalue weighted by Gasteiger charge is -2.12. The smallest absolute Gasteiger partial charge is 0.460 e. The largest absolute Gasteiger partial charge is 0.472 e. The Morgan fingerprint density at radius 3 is 1.93 bits per heavy atom. The van der Waals surface area contributed by atoms with Gasteiger partial charge in [-0.05, 0) is 32.1 Å². The third-order valence-corrected chi connectivity index (χ3v) is 4.81. The molecule has 0 aliphatic heterocycles. The van der Waals surface area contributed by atoms with Gasteiger partial charge in [-0.2, -0.15) is 0 Å². The second kappa shape index (κ2) is 18.3. The van der Waals surface area contributed by atoms with E-state index in [1.54, 1.807) is 0 Å². The average Bonchev–Trinajstić information content (AvgIpc) is 2.62. The first kappa shape index (κ1) is 27.3. The number of unbranched alkanes of at least 4 members (excludes halogenated alkanes) is 11. The van der Waals surface area contributed by atoms with Crippen LogP contribution in [0.3, 0.4) is 0 Å². The zero-order chi connectivity index (χ0) is 21.1. The second-order valence-corrected chi connectivity index (χ2v) is 8.26. The van der Waals surface area contributed by atoms with E-state index < -0.39 is 26.7 Å². The van der Waals surface area contributed by atoms with E-state index in [0.29, 0.717) is 6.42 Å². The summed E-state index contributed by atoms with van der Waals surface area (Å²) in [6.07, 6.45) is 18.2. The fraction of sp³-hybridized carbons (Fsp3) is 0.850. The van der Waals surface area contributed by atoms with E-state index in [1.807, 2.05) is 0 Å². The van der Waals surface area contributed by atoms with Crippen LogP contribution in [0.2, 0.25) is 0 Å². The minimum atomic E-state index is -4.78. The predicted molar refractivity (Wildman–Crippen MR) is 110 cm³/mol. The first-order chi connectivity index (χ1) is 13.3. The van der Waals surface area contributed by atoms with E-state index >= 15 is 0 Å². The van der Waals surface area contributed by atoms with E-state index in [0.717, 1.165) is 32.1 Å². The van der Waals surface area contributed by atoms with Gasteiger partial charge in [0.25, 0.3) is 0 Å². The Labute approximate surface area is 169 Å². The van der Waals surface area contributed by atoms with Crippen molar-refractivity contribution in [1.29, 1.82) is 0 Å². The number of hydrogen-bond acceptors (Lipinski definition) is 5. The molecule has 0 bridgehead atoms. The number of aliphatic hydroxyl groups is 1. The van der Waals surface area contributed by atoms with Gasteiger partial charge in [0, 0.05) is 6.42 Å². The Kier molecular flexibility index (Phi) is 17.8. The fourth-order valence-electron chi connectivity index (χ4n) is 2.77. The second-order valence-electron chi connectivity index (χ2n) is 7.07. The Balaban J connectivity index is 3.37. The van der Waals surface area contributed by atoms with Gasteiger partial charge < -0.3 is 19.6 Å². The molecule has 0 aromatic heterocycles. The molecule has 0 aliphatic carbocycles. The summed E-state index contributed by atoms with van der Waals surface area (Å²) in [5.41, 5.74) is 0. The Morgan fingerprint density at radius 2 is 1.39 bits per heavy atom. The van der Waals surface area contributed by atoms with Crippen molar-refractivity contribution in [2.24, 2.45) is 0 Å². The number of carbonyl (C=O) groups excluding carboxylic acids is 1. The van der Waals surface area contributed by atoms with Crippen molar-refractivity contribution in [3.63, 3.8) is 0 Å². The molecular weight excluding hydrogens is 383 g/mol. The number of rotatable bonds is 19. The van der Waals surface area contributed by atoms with Gasteiger partial charge in [-0.1, -0.05) is 70.4 Å². The molecule has 8 heteroatoms. The minimum Gasteiger partial charge on any atom is -0.460 e. The standard InChI is InChI=1S/C20H39O7P/c1-2-3-4-5-6-7-8-9-10-11-12-13-14-15-16-17-19(21)26-18-20(22)27-28(23,24)25/h9-10,20,22H,2-8,11-18H2,1H3,(H2,23,24,25)/b10-9-/t20-/m1/s1. The SMILES string of the molecule is CCCCCCCC/C=C\CCCCCCCC(=O)OC[C@H](O)OP(=O)(O)O. The van der Waals surface area contributed by atoms with Crippen LogP contribution in [0.25, 0.3) is 0 Å². The van der Waals surface area contributed by atoms with Gasteiger partial charge in [0.05, 0.1) is 0 Å². The zero-order valence-corrected chi connectivity index (χ0v) is 18.2. The summed E-state index contributed by atoms with van der Waals surface area (Å²) < 4.78 is 19.1. The molecule has 0 heterocycles. The molecule has 3 N–H and O–H groups in total. The molecule has 166 valence electrons. The van der Waals surface area contributed by atoms with Gasteiger partial charge in [0.1, 0.15) is 6.61 Å². The van der Waals surface area contributed by atoms with Gasteiger partial charge in [-0.25, -0.2) is 4.57 Å². The predicted octanol–water partition coefficient (Wildman–Crippen LogP) is 4.99. The van der Waals surface area contributed by atoms with Crippen molar-refractivity contribution in [2.75, 3.05) is 6.61 Å². The highest BCUT2D eigenvalue weighted by Gasteiger charge is 2.21. The average molecular weight is 422 g/mol. The summed E-state index contributed by atoms with van der Waals surface area (Å²) >= 11 is 0. The zero-order valence-electron chi connectivity index (χ0n) is 17.3. The Hall–Kier alpha value is -0.720. The quantitative estimate of drug-likeness (QED) is 0.0883. The highest BCUT2D eigenvalue weighted by atomic mass is 31.2. The van der Waals surface area contributed by atoms with Crippen LogP contribution in [0, 0.1) is 0 Å². The minimum absolute atomic E-state index is 0.223. The molecule has 1 atom stereocenters. The maximum Gasteiger partial charge on any atom is 0.472 e. The number of phosphoric acid groups is 1. The first-order valence-corrected chi connectivity index (χ1v) is 12.1. The maximum atomic E-state index is 11.5. The van der Waals surface area contributed by atoms with E-state index in [1.165, 1.54) is 44.9 Å². The van der Waals surface area contributed by atoms with E-state index in [4.69, 9.17) is 19.6 Å². The molecule has 0 aromatic rings. The fourth-order valence-corrected chi connectivity index (χ4v) is 3.14. The lowest BCUT2D eigenvalue weighted by Crippen LogP contribution is -2.20. The molecule has 0 unspecified atom stereocenters. The molecule has 0 fully saturated rings. The topological polar surface area (TPSA) is 113 Å². The maximum absolute atomic E-state index is 11.5. The summed E-state index contributed by atoms with van der Waals surface area (Å²) in [5.74, 6) is -0.508. The first-order valence-electron chi connectivity index (χ1n) is 10.6. The van der Waals surface area contributed by atoms with Gasteiger partial charge in [0.2, 0.25) is 6.29 Å². The molecule has 0 rings (SSSR count). The van der Waals surface area contributed by atoms with E-state index in [9.17, 15) is 9.36 Å². The van der Waals surface area contributed by atoms with E-state index in [-0.39, 0.29) is 6.42 Å². The number of ether oxygens (including phenoxy) is 1. The Morgan fingerprint density at radius 1 is 0.893 bits per heavy atom. The van der Waals surface area contributed by atoms with Gasteiger partial charge >= 0.3 is 13.8 Å². The van der Waals surface area contributed by atoms with Gasteiger partial charge in [-0.15, -0.1) is 0 Å². The van der Waals surface area contributed by atoms with Crippen LogP contribution < -0.4 is 0 Å². The third-order valence-electron chi connectivity index (χ3n) is 4.29. The molecule has 28 heavy (non-hydrogen) atoms. The molecule has 0 aromatic carbocycles. The number of aliphatic hydroxyl groups excluding tert-OH is 1. The summed E-state index contributed by atoms with van der Waals surface area (Å²) in [6, 6.07) is 0. The molecule has 0 aliphatic rings. The summed E-state index contributed by atoms with van der Waals surface area (Å²) in [4.78, 5) is 28.4. The van der Waals surface area contributed by atoms with Crippen LogP contribution >= 0.6 is 7.82 Å². The molecule has 0 saturated heterocycles. The monoisotopic (exact) mass is 422 g/mol. The van der Waals surface area contributed by atoms with Crippen LogP contribution in [-0.4, -0.2) is 33.8 Å². The van der Waals surface area contributed by atoms with Crippen molar-refractivity contribution in [1.82, 2.24) is 0 Å². The number of carbonyl (C=O) groups is 1. The highest BCUT2D eigenvalue weighted by Crippen LogP contribution is 2.36. The van der Waals surface area contributed by atoms with Crippen molar-refractivity contribution in [3.8, 4) is 0 Å². The lowest BCUT2D eigenvalue weighted by atomic mass is 10.1. The number of hydrogen-bond donors (Lipinski definition) is 3. The van der Waals surface area contributed by atoms with Gasteiger partial charge in [0.15, 0.2) is 0 Å². The summed E-state index contributed by atoms with van der Waals surface area (Å²) in [7, 11) is -4.78. The third kappa shape index (κ3) is 21.6. The summed E-state index contributed by atoms with van der Waals surface area (Å²) in [5, 5.41) is 9.14. The Bertz CT molecular complexity index is 448. The van der Waals surface area contributed by atoms with Crippen LogP contribution in [-0.2, 0) is 18.6 Å². The van der Waals surface area contributed by atoms with Crippen molar-refractivity contribution < 1.29 is 33.5 Å². The number of phosphoric ester groups is 1. The lowest BCUT2D eigenvalue weighted by molar-refractivity contribution is -0.155. The van der Waals surface area contributed by atoms with Crippen LogP contribution in [0.4, 0.5) is 0 Å². The molecule has 0 saturated carbocycles. The summed E-state index contributed by atoms with van der Waals surface area (Å²) in [6.45, 7) is 1.65. The van der Waals surface area contributed by atoms with Crippen LogP contribution in [0.1, 0.15) is 96.8 Å². The normalized spacial score (nSPS) is 13.1. The molecule has 0 radical (unpaired) electrons. The van der Waals surface area contributed by atoms with E-state index in [2.05, 4.69) is 23.6 Å². The number of allylic oxidation sites excluding steroid dienone is 2. The highest BCUT2D eigenvalue weighted by molar-refractivity contribution is 7.46. The van der Waals surface area contributed by atoms with Crippen LogP contribution in [0.15, 0.2) is 12.2 Å². The molecule has 0 spiro atoms. The van der Waals surface area contributed by atoms with Crippen LogP contribution in [0.5, 0.6) is 0 Å².